The van der Waals surface area contributed by atoms with Crippen molar-refractivity contribution in [3.63, 3.8) is 0 Å². The minimum atomic E-state index is -0.724. The van der Waals surface area contributed by atoms with Gasteiger partial charge >= 0.3 is 0 Å². The summed E-state index contributed by atoms with van der Waals surface area (Å²) in [6.45, 7) is 4.77. The van der Waals surface area contributed by atoms with Gasteiger partial charge in [0.05, 0.1) is 10.5 Å². The summed E-state index contributed by atoms with van der Waals surface area (Å²) < 4.78 is 0. The summed E-state index contributed by atoms with van der Waals surface area (Å²) in [5.41, 5.74) is -0.0499. The molecule has 0 saturated heterocycles. The lowest BCUT2D eigenvalue weighted by Crippen LogP contribution is -2.39. The van der Waals surface area contributed by atoms with Crippen LogP contribution in [0.1, 0.15) is 32.3 Å². The summed E-state index contributed by atoms with van der Waals surface area (Å²) in [4.78, 5) is 10.3. The second kappa shape index (κ2) is 6.84. The van der Waals surface area contributed by atoms with Gasteiger partial charge in [-0.25, -0.2) is 0 Å². The monoisotopic (exact) mass is 286 g/mol. The van der Waals surface area contributed by atoms with Crippen LogP contribution < -0.4 is 5.32 Å². The van der Waals surface area contributed by atoms with Gasteiger partial charge in [0.1, 0.15) is 5.02 Å². The molecular weight excluding hydrogens is 268 g/mol. The number of aliphatic hydroxyl groups is 1. The Balaban J connectivity index is 2.64. The van der Waals surface area contributed by atoms with Crippen molar-refractivity contribution in [2.45, 2.75) is 38.8 Å². The van der Waals surface area contributed by atoms with E-state index in [0.29, 0.717) is 25.9 Å². The van der Waals surface area contributed by atoms with Gasteiger partial charge in [0.25, 0.3) is 5.69 Å². The smallest absolute Gasteiger partial charge is 0.288 e. The third kappa shape index (κ3) is 4.45. The Morgan fingerprint density at radius 3 is 2.58 bits per heavy atom. The van der Waals surface area contributed by atoms with Gasteiger partial charge in [0, 0.05) is 19.2 Å². The van der Waals surface area contributed by atoms with Gasteiger partial charge in [0.15, 0.2) is 0 Å². The highest BCUT2D eigenvalue weighted by Crippen LogP contribution is 2.25. The molecule has 0 amide bonds. The summed E-state index contributed by atoms with van der Waals surface area (Å²) in [7, 11) is 0. The first-order chi connectivity index (χ1) is 8.91. The Hall–Kier alpha value is -1.17. The molecule has 1 aromatic carbocycles. The van der Waals surface area contributed by atoms with Gasteiger partial charge in [-0.15, -0.1) is 0 Å². The van der Waals surface area contributed by atoms with E-state index in [9.17, 15) is 15.2 Å². The standard InChI is InChI=1S/C13H19ClN2O3/c1-3-13(17,4-2)9-15-8-10-5-6-11(14)12(7-10)16(18)19/h5-7,15,17H,3-4,8-9H2,1-2H3. The summed E-state index contributed by atoms with van der Waals surface area (Å²) in [5, 5.41) is 24.1. The van der Waals surface area contributed by atoms with Gasteiger partial charge < -0.3 is 10.4 Å². The first-order valence-corrected chi connectivity index (χ1v) is 6.65. The predicted octanol–water partition coefficient (Wildman–Crippen LogP) is 2.89. The molecule has 0 heterocycles. The van der Waals surface area contributed by atoms with Crippen LogP contribution in [0, 0.1) is 10.1 Å². The molecule has 19 heavy (non-hydrogen) atoms. The summed E-state index contributed by atoms with van der Waals surface area (Å²) >= 11 is 5.74. The normalized spacial score (nSPS) is 11.6. The zero-order chi connectivity index (χ0) is 14.5. The summed E-state index contributed by atoms with van der Waals surface area (Å²) in [6, 6.07) is 4.70. The molecule has 0 aliphatic carbocycles. The number of nitro benzene ring substituents is 1. The van der Waals surface area contributed by atoms with E-state index < -0.39 is 10.5 Å². The molecular formula is C13H19ClN2O3. The minimum Gasteiger partial charge on any atom is -0.389 e. The molecule has 0 spiro atoms. The molecule has 0 atom stereocenters. The molecule has 0 unspecified atom stereocenters. The second-order valence-electron chi connectivity index (χ2n) is 4.58. The van der Waals surface area contributed by atoms with Crippen molar-refractivity contribution in [2.75, 3.05) is 6.54 Å². The number of hydrogen-bond acceptors (Lipinski definition) is 4. The summed E-state index contributed by atoms with van der Waals surface area (Å²) in [5.74, 6) is 0. The molecule has 0 aromatic heterocycles. The van der Waals surface area contributed by atoms with Crippen LogP contribution in [0.25, 0.3) is 0 Å². The molecule has 5 nitrogen and oxygen atoms in total. The van der Waals surface area contributed by atoms with E-state index in [4.69, 9.17) is 11.6 Å². The number of nitrogens with one attached hydrogen (secondary N) is 1. The average molecular weight is 287 g/mol. The molecule has 1 rings (SSSR count). The lowest BCUT2D eigenvalue weighted by Gasteiger charge is -2.25. The van der Waals surface area contributed by atoms with Crippen molar-refractivity contribution >= 4 is 17.3 Å². The zero-order valence-electron chi connectivity index (χ0n) is 11.1. The Kier molecular flexibility index (Phi) is 5.72. The zero-order valence-corrected chi connectivity index (χ0v) is 11.9. The van der Waals surface area contributed by atoms with Gasteiger partial charge in [-0.3, -0.25) is 10.1 Å². The van der Waals surface area contributed by atoms with E-state index in [-0.39, 0.29) is 10.7 Å². The van der Waals surface area contributed by atoms with E-state index in [1.165, 1.54) is 12.1 Å². The number of rotatable bonds is 7. The van der Waals surface area contributed by atoms with Crippen LogP contribution in [0.3, 0.4) is 0 Å². The molecule has 0 saturated carbocycles. The molecule has 1 aromatic rings. The fraction of sp³-hybridized carbons (Fsp3) is 0.538. The molecule has 2 N–H and O–H groups in total. The lowest BCUT2D eigenvalue weighted by molar-refractivity contribution is -0.384. The van der Waals surface area contributed by atoms with Crippen molar-refractivity contribution < 1.29 is 10.0 Å². The number of nitro groups is 1. The SMILES string of the molecule is CCC(O)(CC)CNCc1ccc(Cl)c([N+](=O)[O-])c1. The number of benzene rings is 1. The van der Waals surface area contributed by atoms with E-state index >= 15 is 0 Å². The fourth-order valence-corrected chi connectivity index (χ4v) is 1.93. The number of hydrogen-bond donors (Lipinski definition) is 2. The number of halogens is 1. The molecule has 0 bridgehead atoms. The topological polar surface area (TPSA) is 75.4 Å². The van der Waals surface area contributed by atoms with Crippen LogP contribution in [0.2, 0.25) is 5.02 Å². The average Bonchev–Trinajstić information content (AvgIpc) is 2.40. The lowest BCUT2D eigenvalue weighted by atomic mass is 9.97. The Morgan fingerprint density at radius 2 is 2.05 bits per heavy atom. The van der Waals surface area contributed by atoms with E-state index in [1.807, 2.05) is 13.8 Å². The van der Waals surface area contributed by atoms with Crippen molar-refractivity contribution in [1.29, 1.82) is 0 Å². The highest BCUT2D eigenvalue weighted by atomic mass is 35.5. The van der Waals surface area contributed by atoms with E-state index in [2.05, 4.69) is 5.32 Å². The second-order valence-corrected chi connectivity index (χ2v) is 4.99. The van der Waals surface area contributed by atoms with Crippen LogP contribution in [-0.2, 0) is 6.54 Å². The van der Waals surface area contributed by atoms with Crippen molar-refractivity contribution in [2.24, 2.45) is 0 Å². The molecule has 0 radical (unpaired) electrons. The fourth-order valence-electron chi connectivity index (χ4n) is 1.75. The van der Waals surface area contributed by atoms with Gasteiger partial charge in [0.2, 0.25) is 0 Å². The van der Waals surface area contributed by atoms with Crippen LogP contribution in [0.4, 0.5) is 5.69 Å². The van der Waals surface area contributed by atoms with E-state index in [0.717, 1.165) is 5.56 Å². The highest BCUT2D eigenvalue weighted by Gasteiger charge is 2.21. The molecule has 6 heteroatoms. The van der Waals surface area contributed by atoms with Crippen LogP contribution >= 0.6 is 11.6 Å². The first kappa shape index (κ1) is 15.9. The van der Waals surface area contributed by atoms with Crippen molar-refractivity contribution in [3.05, 3.63) is 38.9 Å². The summed E-state index contributed by atoms with van der Waals surface area (Å²) in [6.07, 6.45) is 1.33. The molecule has 0 aliphatic rings. The van der Waals surface area contributed by atoms with Gasteiger partial charge in [-0.05, 0) is 24.5 Å². The van der Waals surface area contributed by atoms with Crippen LogP contribution in [0.15, 0.2) is 18.2 Å². The van der Waals surface area contributed by atoms with Crippen molar-refractivity contribution in [3.8, 4) is 0 Å². The van der Waals surface area contributed by atoms with E-state index in [1.54, 1.807) is 6.07 Å². The third-order valence-corrected chi connectivity index (χ3v) is 3.63. The third-order valence-electron chi connectivity index (χ3n) is 3.31. The maximum atomic E-state index is 10.8. The maximum absolute atomic E-state index is 10.8. The quantitative estimate of drug-likeness (QED) is 0.597. The first-order valence-electron chi connectivity index (χ1n) is 6.27. The van der Waals surface area contributed by atoms with Crippen LogP contribution in [-0.4, -0.2) is 22.2 Å². The van der Waals surface area contributed by atoms with Crippen molar-refractivity contribution in [1.82, 2.24) is 5.32 Å². The number of nitrogens with zero attached hydrogens (tertiary/aromatic N) is 1. The van der Waals surface area contributed by atoms with Crippen LogP contribution in [0.5, 0.6) is 0 Å². The Morgan fingerprint density at radius 1 is 1.42 bits per heavy atom. The Bertz CT molecular complexity index is 448. The molecule has 106 valence electrons. The highest BCUT2D eigenvalue weighted by molar-refractivity contribution is 6.32. The van der Waals surface area contributed by atoms with Gasteiger partial charge in [-0.2, -0.15) is 0 Å². The minimum absolute atomic E-state index is 0.0952. The molecule has 0 fully saturated rings. The largest absolute Gasteiger partial charge is 0.389 e. The molecule has 0 aliphatic heterocycles. The Labute approximate surface area is 117 Å². The maximum Gasteiger partial charge on any atom is 0.288 e. The van der Waals surface area contributed by atoms with Gasteiger partial charge in [-0.1, -0.05) is 31.5 Å². The predicted molar refractivity (Wildman–Crippen MR) is 75.3 cm³/mol.